The molecule has 0 fully saturated rings. The third-order valence-corrected chi connectivity index (χ3v) is 2.37. The van der Waals surface area contributed by atoms with E-state index in [4.69, 9.17) is 0 Å². The molecule has 0 aliphatic carbocycles. The normalized spacial score (nSPS) is 11.0. The summed E-state index contributed by atoms with van der Waals surface area (Å²) < 4.78 is 1.54. The Morgan fingerprint density at radius 2 is 2.12 bits per heavy atom. The minimum Gasteiger partial charge on any atom is -0.313 e. The van der Waals surface area contributed by atoms with E-state index >= 15 is 0 Å². The Kier molecular flexibility index (Phi) is 4.49. The van der Waals surface area contributed by atoms with Crippen molar-refractivity contribution in [3.8, 4) is 0 Å². The van der Waals surface area contributed by atoms with Crippen molar-refractivity contribution in [1.29, 1.82) is 0 Å². The van der Waals surface area contributed by atoms with Gasteiger partial charge in [0.2, 0.25) is 0 Å². The smallest absolute Gasteiger partial charge is 0.313 e. The number of hydrogen-bond acceptors (Lipinski definition) is 3. The van der Waals surface area contributed by atoms with E-state index in [1.807, 2.05) is 20.8 Å². The second-order valence-electron chi connectivity index (χ2n) is 4.07. The number of nitrogens with zero attached hydrogens (tertiary/aromatic N) is 1. The van der Waals surface area contributed by atoms with Crippen molar-refractivity contribution in [2.24, 2.45) is 0 Å². The first-order chi connectivity index (χ1) is 7.54. The van der Waals surface area contributed by atoms with Gasteiger partial charge in [-0.25, -0.2) is 4.79 Å². The molecule has 0 spiro atoms. The van der Waals surface area contributed by atoms with Crippen molar-refractivity contribution in [3.05, 3.63) is 32.6 Å². The molecule has 0 saturated heterocycles. The number of rotatable bonds is 5. The van der Waals surface area contributed by atoms with Crippen LogP contribution in [0.5, 0.6) is 0 Å². The summed E-state index contributed by atoms with van der Waals surface area (Å²) in [5, 5.41) is 3.22. The SMILES string of the molecule is CCc1cn(CCNC(C)C)c(=O)[nH]c1=O. The Balaban J connectivity index is 2.80. The molecule has 0 unspecified atom stereocenters. The first-order valence-corrected chi connectivity index (χ1v) is 5.60. The summed E-state index contributed by atoms with van der Waals surface area (Å²) in [7, 11) is 0. The highest BCUT2D eigenvalue weighted by atomic mass is 16.2. The number of H-pyrrole nitrogens is 1. The molecule has 0 bridgehead atoms. The lowest BCUT2D eigenvalue weighted by atomic mass is 10.2. The molecule has 0 aliphatic rings. The summed E-state index contributed by atoms with van der Waals surface area (Å²) >= 11 is 0. The van der Waals surface area contributed by atoms with E-state index in [0.717, 1.165) is 0 Å². The van der Waals surface area contributed by atoms with Crippen molar-refractivity contribution in [3.63, 3.8) is 0 Å². The quantitative estimate of drug-likeness (QED) is 0.746. The van der Waals surface area contributed by atoms with Crippen molar-refractivity contribution in [2.45, 2.75) is 39.8 Å². The van der Waals surface area contributed by atoms with Gasteiger partial charge in [0.15, 0.2) is 0 Å². The maximum Gasteiger partial charge on any atom is 0.328 e. The lowest BCUT2D eigenvalue weighted by Gasteiger charge is -2.10. The molecule has 90 valence electrons. The predicted molar refractivity (Wildman–Crippen MR) is 63.8 cm³/mol. The van der Waals surface area contributed by atoms with Crippen molar-refractivity contribution in [2.75, 3.05) is 6.54 Å². The first-order valence-electron chi connectivity index (χ1n) is 5.60. The number of hydrogen-bond donors (Lipinski definition) is 2. The van der Waals surface area contributed by atoms with E-state index in [1.54, 1.807) is 6.20 Å². The topological polar surface area (TPSA) is 66.9 Å². The second kappa shape index (κ2) is 5.65. The van der Waals surface area contributed by atoms with Crippen LogP contribution >= 0.6 is 0 Å². The molecule has 5 heteroatoms. The zero-order chi connectivity index (χ0) is 12.1. The summed E-state index contributed by atoms with van der Waals surface area (Å²) in [5.74, 6) is 0. The maximum atomic E-state index is 11.5. The Labute approximate surface area is 94.5 Å². The molecule has 0 radical (unpaired) electrons. The van der Waals surface area contributed by atoms with Crippen LogP contribution < -0.4 is 16.6 Å². The highest BCUT2D eigenvalue weighted by Gasteiger charge is 2.02. The molecule has 0 aromatic carbocycles. The minimum atomic E-state index is -0.340. The van der Waals surface area contributed by atoms with E-state index in [-0.39, 0.29) is 11.2 Å². The first kappa shape index (κ1) is 12.7. The van der Waals surface area contributed by atoms with E-state index < -0.39 is 0 Å². The van der Waals surface area contributed by atoms with Gasteiger partial charge in [-0.3, -0.25) is 14.3 Å². The number of nitrogens with one attached hydrogen (secondary N) is 2. The Bertz CT molecular complexity index is 445. The van der Waals surface area contributed by atoms with Crippen LogP contribution in [0.3, 0.4) is 0 Å². The zero-order valence-corrected chi connectivity index (χ0v) is 10.0. The molecule has 5 nitrogen and oxygen atoms in total. The van der Waals surface area contributed by atoms with Gasteiger partial charge >= 0.3 is 5.69 Å². The van der Waals surface area contributed by atoms with Crippen LogP contribution in [-0.2, 0) is 13.0 Å². The largest absolute Gasteiger partial charge is 0.328 e. The van der Waals surface area contributed by atoms with Gasteiger partial charge in [0.1, 0.15) is 0 Å². The van der Waals surface area contributed by atoms with Crippen LogP contribution in [0, 0.1) is 0 Å². The van der Waals surface area contributed by atoms with Crippen LogP contribution in [-0.4, -0.2) is 22.1 Å². The lowest BCUT2D eigenvalue weighted by molar-refractivity contribution is 0.526. The lowest BCUT2D eigenvalue weighted by Crippen LogP contribution is -2.35. The van der Waals surface area contributed by atoms with Crippen molar-refractivity contribution < 1.29 is 0 Å². The highest BCUT2D eigenvalue weighted by Crippen LogP contribution is 1.88. The average molecular weight is 225 g/mol. The second-order valence-corrected chi connectivity index (χ2v) is 4.07. The fourth-order valence-corrected chi connectivity index (χ4v) is 1.45. The monoisotopic (exact) mass is 225 g/mol. The minimum absolute atomic E-state index is 0.277. The maximum absolute atomic E-state index is 11.5. The summed E-state index contributed by atoms with van der Waals surface area (Å²) in [4.78, 5) is 25.1. The average Bonchev–Trinajstić information content (AvgIpc) is 2.20. The molecule has 1 aromatic rings. The third-order valence-electron chi connectivity index (χ3n) is 2.37. The zero-order valence-electron chi connectivity index (χ0n) is 10.0. The molecule has 0 aliphatic heterocycles. The van der Waals surface area contributed by atoms with Crippen LogP contribution in [0.15, 0.2) is 15.8 Å². The summed E-state index contributed by atoms with van der Waals surface area (Å²) in [5.41, 5.74) is 0.0254. The number of aromatic nitrogens is 2. The molecule has 0 saturated carbocycles. The summed E-state index contributed by atoms with van der Waals surface area (Å²) in [6.07, 6.45) is 2.27. The third kappa shape index (κ3) is 3.34. The van der Waals surface area contributed by atoms with Gasteiger partial charge in [-0.1, -0.05) is 20.8 Å². The molecule has 1 heterocycles. The predicted octanol–water partition coefficient (Wildman–Crippen LogP) is 0.0970. The number of aromatic amines is 1. The standard InChI is InChI=1S/C11H19N3O2/c1-4-9-7-14(6-5-12-8(2)3)11(16)13-10(9)15/h7-8,12H,4-6H2,1-3H3,(H,13,15,16). The fraction of sp³-hybridized carbons (Fsp3) is 0.636. The van der Waals surface area contributed by atoms with Gasteiger partial charge in [0.25, 0.3) is 5.56 Å². The van der Waals surface area contributed by atoms with Crippen molar-refractivity contribution in [1.82, 2.24) is 14.9 Å². The summed E-state index contributed by atoms with van der Waals surface area (Å²) in [6.45, 7) is 7.28. The fourth-order valence-electron chi connectivity index (χ4n) is 1.45. The summed E-state index contributed by atoms with van der Waals surface area (Å²) in [6, 6.07) is 0.393. The Hall–Kier alpha value is -1.36. The Morgan fingerprint density at radius 1 is 1.44 bits per heavy atom. The van der Waals surface area contributed by atoms with Crippen molar-refractivity contribution >= 4 is 0 Å². The Morgan fingerprint density at radius 3 is 2.69 bits per heavy atom. The highest BCUT2D eigenvalue weighted by molar-refractivity contribution is 5.03. The van der Waals surface area contributed by atoms with Crippen LogP contribution in [0.4, 0.5) is 0 Å². The van der Waals surface area contributed by atoms with Gasteiger partial charge in [-0.2, -0.15) is 0 Å². The van der Waals surface area contributed by atoms with Gasteiger partial charge in [-0.05, 0) is 6.42 Å². The molecular weight excluding hydrogens is 206 g/mol. The van der Waals surface area contributed by atoms with Crippen LogP contribution in [0.25, 0.3) is 0 Å². The van der Waals surface area contributed by atoms with Crippen LogP contribution in [0.1, 0.15) is 26.3 Å². The molecule has 2 N–H and O–H groups in total. The molecular formula is C11H19N3O2. The molecule has 16 heavy (non-hydrogen) atoms. The number of aryl methyl sites for hydroxylation is 1. The van der Waals surface area contributed by atoms with Gasteiger partial charge in [-0.15, -0.1) is 0 Å². The van der Waals surface area contributed by atoms with E-state index in [0.29, 0.717) is 31.1 Å². The molecule has 1 rings (SSSR count). The van der Waals surface area contributed by atoms with E-state index in [2.05, 4.69) is 10.3 Å². The van der Waals surface area contributed by atoms with Crippen LogP contribution in [0.2, 0.25) is 0 Å². The molecule has 1 aromatic heterocycles. The van der Waals surface area contributed by atoms with E-state index in [9.17, 15) is 9.59 Å². The molecule has 0 atom stereocenters. The van der Waals surface area contributed by atoms with Gasteiger partial charge in [0.05, 0.1) is 0 Å². The van der Waals surface area contributed by atoms with Gasteiger partial charge in [0, 0.05) is 30.9 Å². The van der Waals surface area contributed by atoms with E-state index in [1.165, 1.54) is 4.57 Å². The molecule has 0 amide bonds. The van der Waals surface area contributed by atoms with Gasteiger partial charge < -0.3 is 5.32 Å².